The third-order valence-corrected chi connectivity index (χ3v) is 2.08. The summed E-state index contributed by atoms with van der Waals surface area (Å²) in [6.07, 6.45) is 2.13. The van der Waals surface area contributed by atoms with Crippen LogP contribution in [0.5, 0.6) is 0 Å². The summed E-state index contributed by atoms with van der Waals surface area (Å²) in [6, 6.07) is 0.232. The Labute approximate surface area is 60.6 Å². The SMILES string of the molecule is OC[C@@H]1CCCN1CCF. The fourth-order valence-corrected chi connectivity index (χ4v) is 1.50. The van der Waals surface area contributed by atoms with Gasteiger partial charge in [-0.1, -0.05) is 0 Å². The van der Waals surface area contributed by atoms with E-state index in [0.29, 0.717) is 6.54 Å². The molecule has 0 unspecified atom stereocenters. The highest BCUT2D eigenvalue weighted by Gasteiger charge is 2.22. The van der Waals surface area contributed by atoms with Gasteiger partial charge in [0, 0.05) is 12.6 Å². The molecule has 0 aromatic heterocycles. The second kappa shape index (κ2) is 3.88. The average Bonchev–Trinajstić information content (AvgIpc) is 2.36. The molecular weight excluding hydrogens is 133 g/mol. The van der Waals surface area contributed by atoms with Crippen LogP contribution in [0.3, 0.4) is 0 Å². The van der Waals surface area contributed by atoms with Crippen LogP contribution in [-0.4, -0.2) is 42.4 Å². The number of rotatable bonds is 3. The fourth-order valence-electron chi connectivity index (χ4n) is 1.50. The first-order valence-electron chi connectivity index (χ1n) is 3.79. The summed E-state index contributed by atoms with van der Waals surface area (Å²) in [5, 5.41) is 8.80. The highest BCUT2D eigenvalue weighted by atomic mass is 19.1. The molecule has 1 N–H and O–H groups in total. The summed E-state index contributed by atoms with van der Waals surface area (Å²) in [5.74, 6) is 0. The molecule has 1 heterocycles. The molecule has 0 radical (unpaired) electrons. The van der Waals surface area contributed by atoms with Crippen molar-refractivity contribution in [1.29, 1.82) is 0 Å². The average molecular weight is 147 g/mol. The maximum absolute atomic E-state index is 11.8. The van der Waals surface area contributed by atoms with Gasteiger partial charge >= 0.3 is 0 Å². The molecule has 1 aliphatic heterocycles. The van der Waals surface area contributed by atoms with E-state index < -0.39 is 0 Å². The Kier molecular flexibility index (Phi) is 3.09. The minimum absolute atomic E-state index is 0.181. The van der Waals surface area contributed by atoms with Crippen molar-refractivity contribution >= 4 is 0 Å². The molecular formula is C7H14FNO. The molecule has 2 nitrogen and oxygen atoms in total. The molecule has 0 saturated carbocycles. The molecule has 1 saturated heterocycles. The van der Waals surface area contributed by atoms with E-state index in [4.69, 9.17) is 5.11 Å². The summed E-state index contributed by atoms with van der Waals surface area (Å²) >= 11 is 0. The van der Waals surface area contributed by atoms with Gasteiger partial charge in [0.15, 0.2) is 0 Å². The molecule has 0 bridgehead atoms. The third kappa shape index (κ3) is 1.67. The monoisotopic (exact) mass is 147 g/mol. The highest BCUT2D eigenvalue weighted by Crippen LogP contribution is 2.15. The number of alkyl halides is 1. The Bertz CT molecular complexity index is 99.6. The molecule has 0 aromatic carbocycles. The smallest absolute Gasteiger partial charge is 0.102 e. The lowest BCUT2D eigenvalue weighted by Crippen LogP contribution is -2.33. The molecule has 1 atom stereocenters. The number of aliphatic hydroxyl groups excluding tert-OH is 1. The van der Waals surface area contributed by atoms with Gasteiger partial charge in [-0.25, -0.2) is 4.39 Å². The van der Waals surface area contributed by atoms with Crippen LogP contribution in [0.25, 0.3) is 0 Å². The van der Waals surface area contributed by atoms with Crippen LogP contribution in [0.4, 0.5) is 4.39 Å². The maximum Gasteiger partial charge on any atom is 0.102 e. The first-order chi connectivity index (χ1) is 4.88. The van der Waals surface area contributed by atoms with Crippen molar-refractivity contribution in [2.24, 2.45) is 0 Å². The zero-order valence-electron chi connectivity index (χ0n) is 6.09. The van der Waals surface area contributed by atoms with Gasteiger partial charge in [-0.05, 0) is 19.4 Å². The first kappa shape index (κ1) is 7.95. The van der Waals surface area contributed by atoms with E-state index in [2.05, 4.69) is 0 Å². The number of hydrogen-bond donors (Lipinski definition) is 1. The summed E-state index contributed by atoms with van der Waals surface area (Å²) in [6.45, 7) is 1.33. The molecule has 0 aliphatic carbocycles. The molecule has 1 aliphatic rings. The van der Waals surface area contributed by atoms with Crippen molar-refractivity contribution in [2.45, 2.75) is 18.9 Å². The Hall–Kier alpha value is -0.150. The Morgan fingerprint density at radius 3 is 3.00 bits per heavy atom. The van der Waals surface area contributed by atoms with Crippen LogP contribution in [0.1, 0.15) is 12.8 Å². The van der Waals surface area contributed by atoms with E-state index in [1.165, 1.54) is 0 Å². The van der Waals surface area contributed by atoms with Gasteiger partial charge in [-0.15, -0.1) is 0 Å². The normalized spacial score (nSPS) is 27.6. The summed E-state index contributed by atoms with van der Waals surface area (Å²) in [5.41, 5.74) is 0. The number of halogens is 1. The van der Waals surface area contributed by atoms with Gasteiger partial charge in [0.1, 0.15) is 6.67 Å². The predicted octanol–water partition coefficient (Wildman–Crippen LogP) is 0.413. The fraction of sp³-hybridized carbons (Fsp3) is 1.00. The van der Waals surface area contributed by atoms with Crippen molar-refractivity contribution in [2.75, 3.05) is 26.4 Å². The molecule has 10 heavy (non-hydrogen) atoms. The molecule has 0 spiro atoms. The van der Waals surface area contributed by atoms with E-state index in [1.807, 2.05) is 4.90 Å². The number of aliphatic hydroxyl groups is 1. The van der Waals surface area contributed by atoms with Gasteiger partial charge in [0.05, 0.1) is 6.61 Å². The molecule has 1 rings (SSSR count). The maximum atomic E-state index is 11.8. The number of nitrogens with zero attached hydrogens (tertiary/aromatic N) is 1. The van der Waals surface area contributed by atoms with E-state index >= 15 is 0 Å². The minimum atomic E-state index is -0.295. The topological polar surface area (TPSA) is 23.5 Å². The second-order valence-electron chi connectivity index (χ2n) is 2.70. The Morgan fingerprint density at radius 2 is 2.40 bits per heavy atom. The number of likely N-dealkylation sites (tertiary alicyclic amines) is 1. The van der Waals surface area contributed by atoms with Crippen molar-refractivity contribution in [3.8, 4) is 0 Å². The zero-order valence-corrected chi connectivity index (χ0v) is 6.09. The van der Waals surface area contributed by atoms with E-state index in [0.717, 1.165) is 19.4 Å². The van der Waals surface area contributed by atoms with Gasteiger partial charge < -0.3 is 5.11 Å². The van der Waals surface area contributed by atoms with Crippen LogP contribution in [-0.2, 0) is 0 Å². The minimum Gasteiger partial charge on any atom is -0.395 e. The molecule has 3 heteroatoms. The quantitative estimate of drug-likeness (QED) is 0.625. The molecule has 1 fully saturated rings. The lowest BCUT2D eigenvalue weighted by atomic mass is 10.2. The lowest BCUT2D eigenvalue weighted by molar-refractivity contribution is 0.151. The van der Waals surface area contributed by atoms with Gasteiger partial charge in [-0.3, -0.25) is 4.90 Å². The standard InChI is InChI=1S/C7H14FNO/c8-3-5-9-4-1-2-7(9)6-10/h7,10H,1-6H2/t7-/m0/s1. The molecule has 0 amide bonds. The van der Waals surface area contributed by atoms with Crippen molar-refractivity contribution < 1.29 is 9.50 Å². The Balaban J connectivity index is 2.27. The van der Waals surface area contributed by atoms with Crippen molar-refractivity contribution in [3.63, 3.8) is 0 Å². The second-order valence-corrected chi connectivity index (χ2v) is 2.70. The first-order valence-corrected chi connectivity index (χ1v) is 3.79. The predicted molar refractivity (Wildman–Crippen MR) is 37.7 cm³/mol. The van der Waals surface area contributed by atoms with E-state index in [-0.39, 0.29) is 19.3 Å². The van der Waals surface area contributed by atoms with Crippen LogP contribution in [0, 0.1) is 0 Å². The van der Waals surface area contributed by atoms with Crippen LogP contribution >= 0.6 is 0 Å². The van der Waals surface area contributed by atoms with Gasteiger partial charge in [-0.2, -0.15) is 0 Å². The molecule has 0 aromatic rings. The van der Waals surface area contributed by atoms with E-state index in [9.17, 15) is 4.39 Å². The number of hydrogen-bond acceptors (Lipinski definition) is 2. The van der Waals surface area contributed by atoms with E-state index in [1.54, 1.807) is 0 Å². The summed E-state index contributed by atoms with van der Waals surface area (Å²) in [7, 11) is 0. The zero-order chi connectivity index (χ0) is 7.40. The lowest BCUT2D eigenvalue weighted by Gasteiger charge is -2.20. The summed E-state index contributed by atoms with van der Waals surface area (Å²) in [4.78, 5) is 2.01. The van der Waals surface area contributed by atoms with Crippen molar-refractivity contribution in [3.05, 3.63) is 0 Å². The summed E-state index contributed by atoms with van der Waals surface area (Å²) < 4.78 is 11.8. The van der Waals surface area contributed by atoms with Gasteiger partial charge in [0.25, 0.3) is 0 Å². The largest absolute Gasteiger partial charge is 0.395 e. The van der Waals surface area contributed by atoms with Crippen LogP contribution in [0.15, 0.2) is 0 Å². The van der Waals surface area contributed by atoms with Crippen molar-refractivity contribution in [1.82, 2.24) is 4.90 Å². The van der Waals surface area contributed by atoms with Gasteiger partial charge in [0.2, 0.25) is 0 Å². The highest BCUT2D eigenvalue weighted by molar-refractivity contribution is 4.77. The third-order valence-electron chi connectivity index (χ3n) is 2.08. The van der Waals surface area contributed by atoms with Crippen LogP contribution in [0.2, 0.25) is 0 Å². The Morgan fingerprint density at radius 1 is 1.60 bits per heavy atom. The van der Waals surface area contributed by atoms with Crippen LogP contribution < -0.4 is 0 Å². The molecule has 60 valence electrons.